The summed E-state index contributed by atoms with van der Waals surface area (Å²) in [5.74, 6) is 0.538. The van der Waals surface area contributed by atoms with Crippen LogP contribution in [0.1, 0.15) is 25.1 Å². The first-order valence-electron chi connectivity index (χ1n) is 6.99. The molecule has 0 radical (unpaired) electrons. The van der Waals surface area contributed by atoms with Crippen LogP contribution in [0.2, 0.25) is 0 Å². The molecule has 1 heterocycles. The van der Waals surface area contributed by atoms with Gasteiger partial charge in [-0.05, 0) is 37.6 Å². The number of hydrogen-bond acceptors (Lipinski definition) is 3. The number of nitrogens with zero attached hydrogens (tertiary/aromatic N) is 3. The van der Waals surface area contributed by atoms with Crippen LogP contribution >= 0.6 is 0 Å². The van der Waals surface area contributed by atoms with Gasteiger partial charge >= 0.3 is 0 Å². The molecule has 0 saturated carbocycles. The van der Waals surface area contributed by atoms with E-state index in [1.54, 1.807) is 12.1 Å². The van der Waals surface area contributed by atoms with Crippen LogP contribution in [-0.2, 0) is 6.54 Å². The quantitative estimate of drug-likeness (QED) is 0.919. The zero-order valence-electron chi connectivity index (χ0n) is 12.3. The molecule has 21 heavy (non-hydrogen) atoms. The molecule has 0 aliphatic rings. The van der Waals surface area contributed by atoms with Gasteiger partial charge < -0.3 is 15.2 Å². The molecule has 2 aromatic rings. The fourth-order valence-corrected chi connectivity index (χ4v) is 2.51. The monoisotopic (exact) mass is 286 g/mol. The maximum absolute atomic E-state index is 13.3. The molecule has 0 atom stereocenters. The highest BCUT2D eigenvalue weighted by Crippen LogP contribution is 2.28. The lowest BCUT2D eigenvalue weighted by atomic mass is 10.2. The zero-order chi connectivity index (χ0) is 15.4. The van der Waals surface area contributed by atoms with Gasteiger partial charge in [-0.25, -0.2) is 4.39 Å². The van der Waals surface area contributed by atoms with E-state index >= 15 is 0 Å². The van der Waals surface area contributed by atoms with Crippen molar-refractivity contribution >= 4 is 11.5 Å². The first-order valence-corrected chi connectivity index (χ1v) is 6.99. The fourth-order valence-electron chi connectivity index (χ4n) is 2.51. The van der Waals surface area contributed by atoms with Gasteiger partial charge in [0.15, 0.2) is 0 Å². The Labute approximate surface area is 124 Å². The maximum atomic E-state index is 13.3. The van der Waals surface area contributed by atoms with Gasteiger partial charge in [0.2, 0.25) is 0 Å². The summed E-state index contributed by atoms with van der Waals surface area (Å²) in [4.78, 5) is 2.09. The van der Waals surface area contributed by atoms with E-state index in [1.165, 1.54) is 12.1 Å². The molecular formula is C16H19FN4. The van der Waals surface area contributed by atoms with Crippen LogP contribution in [0.25, 0.3) is 0 Å². The molecular weight excluding hydrogens is 267 g/mol. The molecule has 0 aliphatic carbocycles. The molecule has 0 saturated heterocycles. The first kappa shape index (κ1) is 14.9. The Balaban J connectivity index is 2.48. The Kier molecular flexibility index (Phi) is 4.49. The third kappa shape index (κ3) is 3.00. The van der Waals surface area contributed by atoms with Gasteiger partial charge in [-0.2, -0.15) is 5.26 Å². The minimum absolute atomic E-state index is 0.282. The van der Waals surface area contributed by atoms with Gasteiger partial charge in [-0.15, -0.1) is 0 Å². The summed E-state index contributed by atoms with van der Waals surface area (Å²) in [6.45, 7) is 6.07. The van der Waals surface area contributed by atoms with Crippen molar-refractivity contribution in [1.82, 2.24) is 4.57 Å². The van der Waals surface area contributed by atoms with Crippen molar-refractivity contribution in [1.29, 1.82) is 5.26 Å². The number of hydrogen-bond donors (Lipinski definition) is 1. The minimum atomic E-state index is -0.282. The molecule has 1 aromatic carbocycles. The lowest BCUT2D eigenvalue weighted by molar-refractivity contribution is 0.623. The van der Waals surface area contributed by atoms with Gasteiger partial charge in [0.05, 0.1) is 12.2 Å². The molecule has 0 spiro atoms. The summed E-state index contributed by atoms with van der Waals surface area (Å²) in [6.07, 6.45) is 0. The van der Waals surface area contributed by atoms with Crippen LogP contribution < -0.4 is 10.6 Å². The van der Waals surface area contributed by atoms with Crippen molar-refractivity contribution in [3.05, 3.63) is 47.4 Å². The van der Waals surface area contributed by atoms with E-state index in [0.717, 1.165) is 24.5 Å². The smallest absolute Gasteiger partial charge is 0.133 e. The van der Waals surface area contributed by atoms with Crippen LogP contribution in [-0.4, -0.2) is 17.7 Å². The number of halogens is 1. The second-order valence-electron chi connectivity index (χ2n) is 4.81. The minimum Gasteiger partial charge on any atom is -0.396 e. The average Bonchev–Trinajstić information content (AvgIpc) is 2.77. The third-order valence-electron chi connectivity index (χ3n) is 3.50. The predicted molar refractivity (Wildman–Crippen MR) is 82.6 cm³/mol. The van der Waals surface area contributed by atoms with Crippen LogP contribution in [0.4, 0.5) is 15.9 Å². The summed E-state index contributed by atoms with van der Waals surface area (Å²) >= 11 is 0. The topological polar surface area (TPSA) is 58.0 Å². The summed E-state index contributed by atoms with van der Waals surface area (Å²) < 4.78 is 15.2. The summed E-state index contributed by atoms with van der Waals surface area (Å²) in [5.41, 5.74) is 7.93. The highest BCUT2D eigenvalue weighted by Gasteiger charge is 2.17. The van der Waals surface area contributed by atoms with Crippen molar-refractivity contribution in [3.8, 4) is 6.07 Å². The highest BCUT2D eigenvalue weighted by molar-refractivity contribution is 5.68. The maximum Gasteiger partial charge on any atom is 0.133 e. The Morgan fingerprint density at radius 3 is 2.57 bits per heavy atom. The van der Waals surface area contributed by atoms with E-state index in [2.05, 4.69) is 11.0 Å². The van der Waals surface area contributed by atoms with Gasteiger partial charge in [0, 0.05) is 13.1 Å². The molecule has 5 heteroatoms. The van der Waals surface area contributed by atoms with Crippen molar-refractivity contribution < 1.29 is 4.39 Å². The number of nitrogens with two attached hydrogens (primary N) is 1. The first-order chi connectivity index (χ1) is 10.1. The second-order valence-corrected chi connectivity index (χ2v) is 4.81. The molecule has 0 unspecified atom stereocenters. The lowest BCUT2D eigenvalue weighted by Crippen LogP contribution is -2.26. The number of aromatic nitrogens is 1. The molecule has 110 valence electrons. The van der Waals surface area contributed by atoms with Gasteiger partial charge in [0.1, 0.15) is 23.4 Å². The number of rotatable bonds is 5. The summed E-state index contributed by atoms with van der Waals surface area (Å²) in [5, 5.41) is 9.30. The standard InChI is InChI=1S/C16H19FN4/c1-3-20(4-2)16-15(19)9-14(10-18)21(16)11-12-6-5-7-13(17)8-12/h5-9H,3-4,11,19H2,1-2H3. The normalized spacial score (nSPS) is 10.4. The van der Waals surface area contributed by atoms with E-state index in [-0.39, 0.29) is 5.82 Å². The Morgan fingerprint density at radius 2 is 2.00 bits per heavy atom. The van der Waals surface area contributed by atoms with Crippen molar-refractivity contribution in [2.24, 2.45) is 0 Å². The number of benzene rings is 1. The molecule has 1 aromatic heterocycles. The molecule has 4 nitrogen and oxygen atoms in total. The van der Waals surface area contributed by atoms with Crippen LogP contribution in [0.3, 0.4) is 0 Å². The van der Waals surface area contributed by atoms with Gasteiger partial charge in [-0.1, -0.05) is 12.1 Å². The molecule has 0 aliphatic heterocycles. The predicted octanol–water partition coefficient (Wildman–Crippen LogP) is 2.98. The Hall–Kier alpha value is -2.48. The average molecular weight is 286 g/mol. The summed E-state index contributed by atoms with van der Waals surface area (Å²) in [7, 11) is 0. The fraction of sp³-hybridized carbons (Fsp3) is 0.312. The molecule has 0 bridgehead atoms. The third-order valence-corrected chi connectivity index (χ3v) is 3.50. The lowest BCUT2D eigenvalue weighted by Gasteiger charge is -2.24. The second kappa shape index (κ2) is 6.31. The van der Waals surface area contributed by atoms with Crippen LogP contribution in [0, 0.1) is 17.1 Å². The molecule has 2 rings (SSSR count). The van der Waals surface area contributed by atoms with Gasteiger partial charge in [0.25, 0.3) is 0 Å². The van der Waals surface area contributed by atoms with E-state index in [0.29, 0.717) is 17.9 Å². The van der Waals surface area contributed by atoms with E-state index in [1.807, 2.05) is 24.5 Å². The highest BCUT2D eigenvalue weighted by atomic mass is 19.1. The number of nitriles is 1. The van der Waals surface area contributed by atoms with Crippen LogP contribution in [0.5, 0.6) is 0 Å². The SMILES string of the molecule is CCN(CC)c1c(N)cc(C#N)n1Cc1cccc(F)c1. The Bertz CT molecular complexity index is 665. The number of anilines is 2. The summed E-state index contributed by atoms with van der Waals surface area (Å²) in [6, 6.07) is 10.2. The van der Waals surface area contributed by atoms with Gasteiger partial charge in [-0.3, -0.25) is 0 Å². The van der Waals surface area contributed by atoms with Crippen molar-refractivity contribution in [2.45, 2.75) is 20.4 Å². The molecule has 0 amide bonds. The van der Waals surface area contributed by atoms with E-state index in [4.69, 9.17) is 5.73 Å². The van der Waals surface area contributed by atoms with E-state index in [9.17, 15) is 9.65 Å². The van der Waals surface area contributed by atoms with E-state index < -0.39 is 0 Å². The molecule has 0 fully saturated rings. The zero-order valence-corrected chi connectivity index (χ0v) is 12.3. The van der Waals surface area contributed by atoms with Crippen molar-refractivity contribution in [3.63, 3.8) is 0 Å². The van der Waals surface area contributed by atoms with Crippen LogP contribution in [0.15, 0.2) is 30.3 Å². The largest absolute Gasteiger partial charge is 0.396 e. The number of nitrogen functional groups attached to an aromatic ring is 1. The van der Waals surface area contributed by atoms with Crippen molar-refractivity contribution in [2.75, 3.05) is 23.7 Å². The molecule has 2 N–H and O–H groups in total. The Morgan fingerprint density at radius 1 is 1.29 bits per heavy atom.